The zero-order chi connectivity index (χ0) is 15.9. The minimum Gasteiger partial charge on any atom is -0.370 e. The number of rotatable bonds is 4. The molecule has 0 bridgehead atoms. The molecule has 0 atom stereocenters. The summed E-state index contributed by atoms with van der Waals surface area (Å²) in [6.07, 6.45) is 7.56. The van der Waals surface area contributed by atoms with Crippen LogP contribution in [0.2, 0.25) is 0 Å². The fourth-order valence-electron chi connectivity index (χ4n) is 2.97. The summed E-state index contributed by atoms with van der Waals surface area (Å²) in [7, 11) is 0. The molecular formula is C18H24N4O. The van der Waals surface area contributed by atoms with Crippen LogP contribution in [0.5, 0.6) is 0 Å². The summed E-state index contributed by atoms with van der Waals surface area (Å²) >= 11 is 0. The molecule has 3 rings (SSSR count). The monoisotopic (exact) mass is 312 g/mol. The van der Waals surface area contributed by atoms with Crippen molar-refractivity contribution >= 4 is 5.96 Å². The van der Waals surface area contributed by atoms with E-state index < -0.39 is 0 Å². The second-order valence-corrected chi connectivity index (χ2v) is 6.08. The lowest BCUT2D eigenvalue weighted by Crippen LogP contribution is -2.39. The Morgan fingerprint density at radius 3 is 2.65 bits per heavy atom. The van der Waals surface area contributed by atoms with Crippen molar-refractivity contribution in [3.63, 3.8) is 0 Å². The maximum Gasteiger partial charge on any atom is 0.189 e. The molecule has 5 nitrogen and oxygen atoms in total. The van der Waals surface area contributed by atoms with E-state index in [-0.39, 0.29) is 0 Å². The minimum atomic E-state index is 0.432. The number of aliphatic imine (C=N–C) groups is 1. The molecule has 1 fully saturated rings. The van der Waals surface area contributed by atoms with Gasteiger partial charge in [0.25, 0.3) is 0 Å². The Hall–Kier alpha value is -2.30. The molecule has 0 amide bonds. The third-order valence-electron chi connectivity index (χ3n) is 4.24. The van der Waals surface area contributed by atoms with Gasteiger partial charge in [-0.25, -0.2) is 4.99 Å². The van der Waals surface area contributed by atoms with Crippen LogP contribution in [0.1, 0.15) is 44.2 Å². The first-order valence-electron chi connectivity index (χ1n) is 8.39. The Bertz CT molecular complexity index is 627. The van der Waals surface area contributed by atoms with Gasteiger partial charge in [-0.15, -0.1) is 0 Å². The maximum absolute atomic E-state index is 6.00. The molecule has 3 N–H and O–H groups in total. The van der Waals surface area contributed by atoms with E-state index in [1.54, 1.807) is 0 Å². The molecule has 2 aromatic rings. The fourth-order valence-corrected chi connectivity index (χ4v) is 2.97. The van der Waals surface area contributed by atoms with Crippen molar-refractivity contribution in [1.29, 1.82) is 0 Å². The first kappa shape index (κ1) is 15.6. The molecular weight excluding hydrogens is 288 g/mol. The summed E-state index contributed by atoms with van der Waals surface area (Å²) in [6, 6.07) is 12.3. The van der Waals surface area contributed by atoms with E-state index in [0.717, 1.165) is 17.0 Å². The smallest absolute Gasteiger partial charge is 0.189 e. The van der Waals surface area contributed by atoms with E-state index in [1.165, 1.54) is 38.5 Å². The normalized spacial score (nSPS) is 17.0. The number of nitrogens with two attached hydrogens (primary N) is 1. The van der Waals surface area contributed by atoms with Gasteiger partial charge in [-0.1, -0.05) is 61.2 Å². The van der Waals surface area contributed by atoms with Gasteiger partial charge in [0.2, 0.25) is 0 Å². The number of benzene rings is 1. The van der Waals surface area contributed by atoms with Crippen molar-refractivity contribution in [2.75, 3.05) is 0 Å². The van der Waals surface area contributed by atoms with Crippen molar-refractivity contribution in [1.82, 2.24) is 10.5 Å². The Balaban J connectivity index is 1.55. The Labute approximate surface area is 137 Å². The maximum atomic E-state index is 6.00. The molecule has 1 aromatic heterocycles. The highest BCUT2D eigenvalue weighted by atomic mass is 16.5. The van der Waals surface area contributed by atoms with Crippen molar-refractivity contribution in [2.45, 2.75) is 51.1 Å². The summed E-state index contributed by atoms with van der Waals surface area (Å²) in [6.45, 7) is 0.432. The van der Waals surface area contributed by atoms with E-state index in [9.17, 15) is 0 Å². The van der Waals surface area contributed by atoms with Gasteiger partial charge < -0.3 is 15.6 Å². The SMILES string of the molecule is NC(=NCc1cc(-c2ccccc2)on1)NC1CCCCCC1. The quantitative estimate of drug-likeness (QED) is 0.515. The number of guanidine groups is 1. The van der Waals surface area contributed by atoms with Gasteiger partial charge in [0.1, 0.15) is 5.69 Å². The van der Waals surface area contributed by atoms with Crippen molar-refractivity contribution in [2.24, 2.45) is 10.7 Å². The Kier molecular flexibility index (Phi) is 5.29. The molecule has 1 heterocycles. The molecule has 0 unspecified atom stereocenters. The lowest BCUT2D eigenvalue weighted by atomic mass is 10.1. The van der Waals surface area contributed by atoms with Gasteiger partial charge in [0.15, 0.2) is 11.7 Å². The van der Waals surface area contributed by atoms with Gasteiger partial charge in [-0.05, 0) is 12.8 Å². The van der Waals surface area contributed by atoms with Crippen LogP contribution in [-0.2, 0) is 6.54 Å². The van der Waals surface area contributed by atoms with Crippen LogP contribution in [0.15, 0.2) is 45.9 Å². The number of hydrogen-bond donors (Lipinski definition) is 2. The standard InChI is InChI=1S/C18H24N4O/c19-18(21-15-10-6-1-2-7-11-15)20-13-16-12-17(23-22-16)14-8-4-3-5-9-14/h3-5,8-9,12,15H,1-2,6-7,10-11,13H2,(H3,19,20,21). The van der Waals surface area contributed by atoms with E-state index in [4.69, 9.17) is 10.3 Å². The molecule has 5 heteroatoms. The highest BCUT2D eigenvalue weighted by Crippen LogP contribution is 2.20. The summed E-state index contributed by atoms with van der Waals surface area (Å²) in [5, 5.41) is 7.40. The molecule has 0 saturated heterocycles. The van der Waals surface area contributed by atoms with Crippen molar-refractivity contribution in [3.05, 3.63) is 42.1 Å². The highest BCUT2D eigenvalue weighted by Gasteiger charge is 2.12. The van der Waals surface area contributed by atoms with Crippen LogP contribution in [0.4, 0.5) is 0 Å². The zero-order valence-corrected chi connectivity index (χ0v) is 13.4. The lowest BCUT2D eigenvalue weighted by Gasteiger charge is -2.16. The molecule has 1 aliphatic carbocycles. The predicted molar refractivity (Wildman–Crippen MR) is 91.9 cm³/mol. The van der Waals surface area contributed by atoms with Crippen LogP contribution < -0.4 is 11.1 Å². The fraction of sp³-hybridized carbons (Fsp3) is 0.444. The minimum absolute atomic E-state index is 0.432. The van der Waals surface area contributed by atoms with Crippen molar-refractivity contribution in [3.8, 4) is 11.3 Å². The van der Waals surface area contributed by atoms with Crippen LogP contribution in [-0.4, -0.2) is 17.2 Å². The number of aromatic nitrogens is 1. The second kappa shape index (κ2) is 7.81. The first-order valence-corrected chi connectivity index (χ1v) is 8.39. The molecule has 122 valence electrons. The molecule has 0 aliphatic heterocycles. The molecule has 0 spiro atoms. The van der Waals surface area contributed by atoms with Crippen LogP contribution in [0.25, 0.3) is 11.3 Å². The van der Waals surface area contributed by atoms with Crippen LogP contribution in [0, 0.1) is 0 Å². The molecule has 1 saturated carbocycles. The average molecular weight is 312 g/mol. The number of nitrogens with zero attached hydrogens (tertiary/aromatic N) is 2. The average Bonchev–Trinajstić information content (AvgIpc) is 2.91. The predicted octanol–water partition coefficient (Wildman–Crippen LogP) is 3.47. The summed E-state index contributed by atoms with van der Waals surface area (Å²) in [5.74, 6) is 1.26. The zero-order valence-electron chi connectivity index (χ0n) is 13.4. The van der Waals surface area contributed by atoms with E-state index in [0.29, 0.717) is 18.5 Å². The highest BCUT2D eigenvalue weighted by molar-refractivity contribution is 5.78. The Morgan fingerprint density at radius 2 is 1.91 bits per heavy atom. The van der Waals surface area contributed by atoms with Crippen LogP contribution >= 0.6 is 0 Å². The number of nitrogens with one attached hydrogen (secondary N) is 1. The Morgan fingerprint density at radius 1 is 1.17 bits per heavy atom. The summed E-state index contributed by atoms with van der Waals surface area (Å²) in [5.41, 5.74) is 7.80. The van der Waals surface area contributed by atoms with Gasteiger partial charge >= 0.3 is 0 Å². The first-order chi connectivity index (χ1) is 11.3. The number of hydrogen-bond acceptors (Lipinski definition) is 3. The molecule has 0 radical (unpaired) electrons. The summed E-state index contributed by atoms with van der Waals surface area (Å²) < 4.78 is 5.37. The topological polar surface area (TPSA) is 76.4 Å². The van der Waals surface area contributed by atoms with E-state index >= 15 is 0 Å². The second-order valence-electron chi connectivity index (χ2n) is 6.08. The third-order valence-corrected chi connectivity index (χ3v) is 4.24. The molecule has 1 aromatic carbocycles. The summed E-state index contributed by atoms with van der Waals surface area (Å²) in [4.78, 5) is 4.39. The molecule has 23 heavy (non-hydrogen) atoms. The van der Waals surface area contributed by atoms with Crippen LogP contribution in [0.3, 0.4) is 0 Å². The largest absolute Gasteiger partial charge is 0.370 e. The van der Waals surface area contributed by atoms with E-state index in [1.807, 2.05) is 36.4 Å². The van der Waals surface area contributed by atoms with Gasteiger partial charge in [0.05, 0.1) is 6.54 Å². The molecule has 1 aliphatic rings. The van der Waals surface area contributed by atoms with Crippen molar-refractivity contribution < 1.29 is 4.52 Å². The third kappa shape index (κ3) is 4.58. The lowest BCUT2D eigenvalue weighted by molar-refractivity contribution is 0.424. The van der Waals surface area contributed by atoms with E-state index in [2.05, 4.69) is 15.5 Å². The van der Waals surface area contributed by atoms with Gasteiger partial charge in [-0.3, -0.25) is 0 Å². The van der Waals surface area contributed by atoms with Gasteiger partial charge in [-0.2, -0.15) is 0 Å². The van der Waals surface area contributed by atoms with Gasteiger partial charge in [0, 0.05) is 17.7 Å².